The van der Waals surface area contributed by atoms with E-state index < -0.39 is 0 Å². The van der Waals surface area contributed by atoms with E-state index in [1.165, 1.54) is 19.3 Å². The first-order valence-corrected chi connectivity index (χ1v) is 6.96. The lowest BCUT2D eigenvalue weighted by Crippen LogP contribution is -2.48. The number of ether oxygens (including phenoxy) is 1. The highest BCUT2D eigenvalue weighted by Crippen LogP contribution is 2.47. The fourth-order valence-electron chi connectivity index (χ4n) is 3.22. The molecule has 0 radical (unpaired) electrons. The number of nitrogens with one attached hydrogen (secondary N) is 1. The summed E-state index contributed by atoms with van der Waals surface area (Å²) >= 11 is 5.83. The van der Waals surface area contributed by atoms with Gasteiger partial charge in [-0.1, -0.05) is 0 Å². The zero-order valence-corrected chi connectivity index (χ0v) is 11.1. The molecule has 1 aromatic heterocycles. The van der Waals surface area contributed by atoms with E-state index in [0.717, 1.165) is 25.2 Å². The molecular formula is C13H19ClN2O2. The van der Waals surface area contributed by atoms with Crippen LogP contribution in [0.25, 0.3) is 0 Å². The minimum atomic E-state index is 0.0267. The maximum absolute atomic E-state index is 5.94. The average Bonchev–Trinajstić information content (AvgIpc) is 2.75. The lowest BCUT2D eigenvalue weighted by atomic mass is 9.70. The Labute approximate surface area is 112 Å². The van der Waals surface area contributed by atoms with E-state index >= 15 is 0 Å². The summed E-state index contributed by atoms with van der Waals surface area (Å²) in [5.74, 6) is 6.97. The Kier molecular flexibility index (Phi) is 3.36. The second kappa shape index (κ2) is 4.85. The summed E-state index contributed by atoms with van der Waals surface area (Å²) in [6.45, 7) is 0.817. The highest BCUT2D eigenvalue weighted by atomic mass is 35.5. The third kappa shape index (κ3) is 2.18. The zero-order valence-electron chi connectivity index (χ0n) is 10.3. The highest BCUT2D eigenvalue weighted by Gasteiger charge is 2.44. The molecule has 0 bridgehead atoms. The van der Waals surface area contributed by atoms with Crippen LogP contribution in [0, 0.1) is 5.92 Å². The summed E-state index contributed by atoms with van der Waals surface area (Å²) in [7, 11) is 0. The fourth-order valence-corrected chi connectivity index (χ4v) is 3.37. The van der Waals surface area contributed by atoms with Gasteiger partial charge in [-0.3, -0.25) is 5.84 Å². The number of rotatable bonds is 3. The smallest absolute Gasteiger partial charge is 0.193 e. The van der Waals surface area contributed by atoms with Crippen molar-refractivity contribution >= 4 is 11.6 Å². The number of furan rings is 1. The van der Waals surface area contributed by atoms with Crippen LogP contribution in [-0.4, -0.2) is 12.2 Å². The third-order valence-corrected chi connectivity index (χ3v) is 4.55. The lowest BCUT2D eigenvalue weighted by Gasteiger charge is -2.48. The van der Waals surface area contributed by atoms with Crippen molar-refractivity contribution in [1.82, 2.24) is 5.43 Å². The molecule has 18 heavy (non-hydrogen) atoms. The van der Waals surface area contributed by atoms with Crippen LogP contribution in [0.15, 0.2) is 16.5 Å². The van der Waals surface area contributed by atoms with Crippen LogP contribution in [-0.2, 0) is 4.74 Å². The van der Waals surface area contributed by atoms with E-state index in [2.05, 4.69) is 5.43 Å². The van der Waals surface area contributed by atoms with Gasteiger partial charge in [0.25, 0.3) is 0 Å². The van der Waals surface area contributed by atoms with E-state index in [-0.39, 0.29) is 11.6 Å². The third-order valence-electron chi connectivity index (χ3n) is 4.35. The van der Waals surface area contributed by atoms with Crippen molar-refractivity contribution in [3.05, 3.63) is 23.1 Å². The Hall–Kier alpha value is -0.550. The van der Waals surface area contributed by atoms with Gasteiger partial charge in [0.15, 0.2) is 5.22 Å². The quantitative estimate of drug-likeness (QED) is 0.655. The van der Waals surface area contributed by atoms with Gasteiger partial charge in [0.05, 0.1) is 11.6 Å². The van der Waals surface area contributed by atoms with Gasteiger partial charge in [0, 0.05) is 6.61 Å². The highest BCUT2D eigenvalue weighted by molar-refractivity contribution is 6.28. The summed E-state index contributed by atoms with van der Waals surface area (Å²) in [6, 6.07) is 3.69. The second-order valence-corrected chi connectivity index (χ2v) is 5.80. The van der Waals surface area contributed by atoms with E-state index in [0.29, 0.717) is 11.1 Å². The molecule has 5 heteroatoms. The molecule has 0 aromatic carbocycles. The summed E-state index contributed by atoms with van der Waals surface area (Å²) in [4.78, 5) is 0. The zero-order chi connectivity index (χ0) is 12.6. The number of hydrogen-bond donors (Lipinski definition) is 2. The van der Waals surface area contributed by atoms with Crippen LogP contribution < -0.4 is 11.3 Å². The van der Waals surface area contributed by atoms with Gasteiger partial charge in [-0.15, -0.1) is 0 Å². The van der Waals surface area contributed by atoms with Crippen LogP contribution in [0.4, 0.5) is 0 Å². The molecule has 2 unspecified atom stereocenters. The van der Waals surface area contributed by atoms with Crippen LogP contribution in [0.1, 0.15) is 43.9 Å². The summed E-state index contributed by atoms with van der Waals surface area (Å²) in [5.41, 5.74) is 3.00. The molecule has 0 amide bonds. The minimum absolute atomic E-state index is 0.0267. The van der Waals surface area contributed by atoms with Gasteiger partial charge in [-0.05, 0) is 61.8 Å². The number of halogens is 1. The van der Waals surface area contributed by atoms with Crippen molar-refractivity contribution in [2.24, 2.45) is 11.8 Å². The SMILES string of the molecule is NNC(c1ccc(Cl)o1)C1CCOC2(CCC2)C1. The Morgan fingerprint density at radius 3 is 2.83 bits per heavy atom. The van der Waals surface area contributed by atoms with Crippen LogP contribution in [0.2, 0.25) is 5.22 Å². The van der Waals surface area contributed by atoms with E-state index in [9.17, 15) is 0 Å². The molecule has 1 saturated heterocycles. The van der Waals surface area contributed by atoms with Gasteiger partial charge in [-0.25, -0.2) is 5.43 Å². The lowest BCUT2D eigenvalue weighted by molar-refractivity contribution is -0.148. The molecule has 2 fully saturated rings. The fraction of sp³-hybridized carbons (Fsp3) is 0.692. The van der Waals surface area contributed by atoms with E-state index in [1.807, 2.05) is 6.07 Å². The van der Waals surface area contributed by atoms with Crippen LogP contribution >= 0.6 is 11.6 Å². The first kappa shape index (κ1) is 12.5. The van der Waals surface area contributed by atoms with Crippen molar-refractivity contribution < 1.29 is 9.15 Å². The van der Waals surface area contributed by atoms with Crippen molar-refractivity contribution in [3.63, 3.8) is 0 Å². The molecule has 100 valence electrons. The van der Waals surface area contributed by atoms with Crippen molar-refractivity contribution in [2.75, 3.05) is 6.61 Å². The van der Waals surface area contributed by atoms with Gasteiger partial charge in [0.1, 0.15) is 5.76 Å². The molecule has 1 aromatic rings. The minimum Gasteiger partial charge on any atom is -0.448 e. The molecular weight excluding hydrogens is 252 g/mol. The molecule has 2 aliphatic rings. The Balaban J connectivity index is 1.75. The number of nitrogens with two attached hydrogens (primary N) is 1. The molecule has 4 nitrogen and oxygen atoms in total. The second-order valence-electron chi connectivity index (χ2n) is 5.42. The molecule has 2 atom stereocenters. The molecule has 1 spiro atoms. The standard InChI is InChI=1S/C13H19ClN2O2/c14-11-3-2-10(18-11)12(16-15)9-4-7-17-13(8-9)5-1-6-13/h2-3,9,12,16H,1,4-8,15H2. The average molecular weight is 271 g/mol. The number of hydrogen-bond acceptors (Lipinski definition) is 4. The Morgan fingerprint density at radius 2 is 2.28 bits per heavy atom. The molecule has 2 heterocycles. The Morgan fingerprint density at radius 1 is 1.44 bits per heavy atom. The molecule has 1 aliphatic heterocycles. The van der Waals surface area contributed by atoms with E-state index in [4.69, 9.17) is 26.6 Å². The van der Waals surface area contributed by atoms with Gasteiger partial charge in [-0.2, -0.15) is 0 Å². The molecule has 1 saturated carbocycles. The maximum Gasteiger partial charge on any atom is 0.193 e. The van der Waals surface area contributed by atoms with Gasteiger partial charge < -0.3 is 9.15 Å². The van der Waals surface area contributed by atoms with Crippen molar-refractivity contribution in [1.29, 1.82) is 0 Å². The number of hydrazine groups is 1. The Bertz CT molecular complexity index is 417. The van der Waals surface area contributed by atoms with Crippen molar-refractivity contribution in [3.8, 4) is 0 Å². The predicted molar refractivity (Wildman–Crippen MR) is 69.0 cm³/mol. The maximum atomic E-state index is 5.94. The summed E-state index contributed by atoms with van der Waals surface area (Å²) in [5, 5.41) is 0.413. The molecule has 3 rings (SSSR count). The van der Waals surface area contributed by atoms with Crippen LogP contribution in [0.5, 0.6) is 0 Å². The van der Waals surface area contributed by atoms with Gasteiger partial charge in [0.2, 0.25) is 0 Å². The summed E-state index contributed by atoms with van der Waals surface area (Å²) < 4.78 is 11.4. The topological polar surface area (TPSA) is 60.4 Å². The normalized spacial score (nSPS) is 28.0. The van der Waals surface area contributed by atoms with Crippen LogP contribution in [0.3, 0.4) is 0 Å². The largest absolute Gasteiger partial charge is 0.448 e. The summed E-state index contributed by atoms with van der Waals surface area (Å²) in [6.07, 6.45) is 5.70. The monoisotopic (exact) mass is 270 g/mol. The first-order valence-electron chi connectivity index (χ1n) is 6.58. The van der Waals surface area contributed by atoms with Crippen molar-refractivity contribution in [2.45, 2.75) is 43.7 Å². The molecule has 1 aliphatic carbocycles. The molecule has 3 N–H and O–H groups in total. The van der Waals surface area contributed by atoms with Gasteiger partial charge >= 0.3 is 0 Å². The van der Waals surface area contributed by atoms with E-state index in [1.54, 1.807) is 6.07 Å². The predicted octanol–water partition coefficient (Wildman–Crippen LogP) is 2.79. The first-order chi connectivity index (χ1) is 8.72.